The Balaban J connectivity index is 3.10. The summed E-state index contributed by atoms with van der Waals surface area (Å²) in [5, 5.41) is 0. The summed E-state index contributed by atoms with van der Waals surface area (Å²) in [6.07, 6.45) is 2.17. The van der Waals surface area contributed by atoms with Gasteiger partial charge in [-0.05, 0) is 49.3 Å². The third-order valence-corrected chi connectivity index (χ3v) is 5.08. The summed E-state index contributed by atoms with van der Waals surface area (Å²) >= 11 is 0. The molecule has 0 aliphatic rings. The minimum Gasteiger partial charge on any atom is -0.497 e. The molecule has 0 aromatic heterocycles. The summed E-state index contributed by atoms with van der Waals surface area (Å²) in [6.45, 7) is 8.52. The lowest BCUT2D eigenvalue weighted by Crippen LogP contribution is -2.59. The molecule has 0 spiro atoms. The van der Waals surface area contributed by atoms with Crippen LogP contribution in [0.25, 0.3) is 0 Å². The number of hydrogen-bond donors (Lipinski definition) is 2. The van der Waals surface area contributed by atoms with Gasteiger partial charge in [-0.1, -0.05) is 32.9 Å². The third-order valence-electron chi connectivity index (χ3n) is 5.08. The molecule has 4 N–H and O–H groups in total. The van der Waals surface area contributed by atoms with Gasteiger partial charge in [-0.3, -0.25) is 0 Å². The van der Waals surface area contributed by atoms with Gasteiger partial charge in [0.25, 0.3) is 0 Å². The largest absolute Gasteiger partial charge is 0.497 e. The Hall–Kier alpha value is -1.10. The van der Waals surface area contributed by atoms with Crippen molar-refractivity contribution in [1.29, 1.82) is 0 Å². The van der Waals surface area contributed by atoms with E-state index in [1.165, 1.54) is 0 Å². The van der Waals surface area contributed by atoms with Crippen LogP contribution < -0.4 is 16.2 Å². The molecule has 0 amide bonds. The summed E-state index contributed by atoms with van der Waals surface area (Å²) in [6, 6.07) is 7.86. The monoisotopic (exact) mass is 322 g/mol. The first-order valence-electron chi connectivity index (χ1n) is 8.49. The van der Waals surface area contributed by atoms with Crippen LogP contribution in [0.2, 0.25) is 0 Å². The average Bonchev–Trinajstić information content (AvgIpc) is 2.57. The summed E-state index contributed by atoms with van der Waals surface area (Å²) in [5.74, 6) is 1.37. The van der Waals surface area contributed by atoms with E-state index in [1.807, 2.05) is 24.3 Å². The van der Waals surface area contributed by atoms with E-state index in [0.717, 1.165) is 24.2 Å². The number of rotatable bonds is 9. The maximum absolute atomic E-state index is 6.92. The van der Waals surface area contributed by atoms with Crippen molar-refractivity contribution in [3.05, 3.63) is 29.8 Å². The molecule has 132 valence electrons. The maximum Gasteiger partial charge on any atom is 0.118 e. The van der Waals surface area contributed by atoms with E-state index in [1.54, 1.807) is 14.2 Å². The molecule has 0 saturated heterocycles. The van der Waals surface area contributed by atoms with Crippen LogP contribution in [0, 0.1) is 11.8 Å². The molecule has 0 aliphatic carbocycles. The van der Waals surface area contributed by atoms with E-state index >= 15 is 0 Å². The van der Waals surface area contributed by atoms with Gasteiger partial charge >= 0.3 is 0 Å². The lowest BCUT2D eigenvalue weighted by Gasteiger charge is -2.43. The van der Waals surface area contributed by atoms with E-state index in [2.05, 4.69) is 27.7 Å². The van der Waals surface area contributed by atoms with Crippen LogP contribution in [0.3, 0.4) is 0 Å². The molecule has 4 atom stereocenters. The summed E-state index contributed by atoms with van der Waals surface area (Å²) in [4.78, 5) is 0. The van der Waals surface area contributed by atoms with Crippen LogP contribution in [0.15, 0.2) is 24.3 Å². The van der Waals surface area contributed by atoms with E-state index in [0.29, 0.717) is 5.92 Å². The first-order valence-corrected chi connectivity index (χ1v) is 8.49. The Kier molecular flexibility index (Phi) is 7.52. The molecule has 4 heteroatoms. The molecular weight excluding hydrogens is 288 g/mol. The minimum absolute atomic E-state index is 0.122. The van der Waals surface area contributed by atoms with Crippen LogP contribution in [0.5, 0.6) is 5.75 Å². The first kappa shape index (κ1) is 19.9. The van der Waals surface area contributed by atoms with Gasteiger partial charge in [0.2, 0.25) is 0 Å². The van der Waals surface area contributed by atoms with E-state index in [9.17, 15) is 0 Å². The highest BCUT2D eigenvalue weighted by molar-refractivity contribution is 5.33. The zero-order valence-electron chi connectivity index (χ0n) is 15.5. The highest BCUT2D eigenvalue weighted by Crippen LogP contribution is 2.36. The average molecular weight is 322 g/mol. The zero-order chi connectivity index (χ0) is 17.6. The fourth-order valence-corrected chi connectivity index (χ4v) is 3.08. The number of methoxy groups -OCH3 is 2. The predicted molar refractivity (Wildman–Crippen MR) is 96.5 cm³/mol. The molecular formula is C19H34N2O2. The van der Waals surface area contributed by atoms with Crippen molar-refractivity contribution in [2.24, 2.45) is 23.3 Å². The second-order valence-electron chi connectivity index (χ2n) is 6.96. The lowest BCUT2D eigenvalue weighted by atomic mass is 9.69. The first-order chi connectivity index (χ1) is 10.8. The van der Waals surface area contributed by atoms with Gasteiger partial charge in [-0.15, -0.1) is 0 Å². The van der Waals surface area contributed by atoms with Gasteiger partial charge < -0.3 is 20.9 Å². The van der Waals surface area contributed by atoms with Crippen molar-refractivity contribution >= 4 is 0 Å². The molecule has 23 heavy (non-hydrogen) atoms. The molecule has 1 rings (SSSR count). The highest BCUT2D eigenvalue weighted by atomic mass is 16.5. The zero-order valence-corrected chi connectivity index (χ0v) is 15.5. The minimum atomic E-state index is -0.575. The third kappa shape index (κ3) is 4.69. The van der Waals surface area contributed by atoms with Crippen LogP contribution in [-0.2, 0) is 10.3 Å². The van der Waals surface area contributed by atoms with Crippen molar-refractivity contribution in [2.75, 3.05) is 14.2 Å². The SMILES string of the molecule is COc1ccc(C(N)(C(C)CCC(C)OC)[C@H](N)C(C)C)cc1. The summed E-state index contributed by atoms with van der Waals surface area (Å²) < 4.78 is 10.6. The molecule has 1 aromatic carbocycles. The highest BCUT2D eigenvalue weighted by Gasteiger charge is 2.40. The van der Waals surface area contributed by atoms with Gasteiger partial charge in [0.15, 0.2) is 0 Å². The topological polar surface area (TPSA) is 70.5 Å². The van der Waals surface area contributed by atoms with E-state index in [4.69, 9.17) is 20.9 Å². The maximum atomic E-state index is 6.92. The summed E-state index contributed by atoms with van der Waals surface area (Å²) in [7, 11) is 3.41. The lowest BCUT2D eigenvalue weighted by molar-refractivity contribution is 0.0943. The number of hydrogen-bond acceptors (Lipinski definition) is 4. The molecule has 0 fully saturated rings. The molecule has 0 aliphatic heterocycles. The molecule has 0 bridgehead atoms. The smallest absolute Gasteiger partial charge is 0.118 e. The second kappa shape index (κ2) is 8.67. The normalized spacial score (nSPS) is 18.3. The Morgan fingerprint density at radius 1 is 1.00 bits per heavy atom. The van der Waals surface area contributed by atoms with E-state index in [-0.39, 0.29) is 18.1 Å². The Bertz CT molecular complexity index is 461. The molecule has 0 radical (unpaired) electrons. The molecule has 0 heterocycles. The van der Waals surface area contributed by atoms with Gasteiger partial charge in [-0.2, -0.15) is 0 Å². The molecule has 4 nitrogen and oxygen atoms in total. The number of nitrogens with two attached hydrogens (primary N) is 2. The fraction of sp³-hybridized carbons (Fsp3) is 0.684. The van der Waals surface area contributed by atoms with Crippen LogP contribution in [-0.4, -0.2) is 26.4 Å². The van der Waals surface area contributed by atoms with Gasteiger partial charge in [0.1, 0.15) is 5.75 Å². The number of benzene rings is 1. The van der Waals surface area contributed by atoms with Crippen LogP contribution in [0.4, 0.5) is 0 Å². The molecule has 0 saturated carbocycles. The quantitative estimate of drug-likeness (QED) is 0.732. The van der Waals surface area contributed by atoms with Gasteiger partial charge in [0, 0.05) is 13.2 Å². The van der Waals surface area contributed by atoms with E-state index < -0.39 is 5.54 Å². The Morgan fingerprint density at radius 2 is 1.57 bits per heavy atom. The second-order valence-corrected chi connectivity index (χ2v) is 6.96. The van der Waals surface area contributed by atoms with Crippen molar-refractivity contribution in [3.8, 4) is 5.75 Å². The Morgan fingerprint density at radius 3 is 2.00 bits per heavy atom. The standard InChI is InChI=1S/C19H34N2O2/c1-13(2)18(20)19(21,14(3)7-8-15(4)22-5)16-9-11-17(23-6)12-10-16/h9-15,18H,7-8,20-21H2,1-6H3/t14?,15?,18-,19?/m1/s1. The van der Waals surface area contributed by atoms with Crippen molar-refractivity contribution < 1.29 is 9.47 Å². The van der Waals surface area contributed by atoms with Crippen LogP contribution >= 0.6 is 0 Å². The fourth-order valence-electron chi connectivity index (χ4n) is 3.08. The van der Waals surface area contributed by atoms with Gasteiger partial charge in [-0.25, -0.2) is 0 Å². The summed E-state index contributed by atoms with van der Waals surface area (Å²) in [5.41, 5.74) is 14.0. The Labute approximate surface area is 141 Å². The van der Waals surface area contributed by atoms with Crippen molar-refractivity contribution in [3.63, 3.8) is 0 Å². The van der Waals surface area contributed by atoms with Gasteiger partial charge in [0.05, 0.1) is 18.8 Å². The van der Waals surface area contributed by atoms with Crippen molar-refractivity contribution in [2.45, 2.75) is 58.2 Å². The van der Waals surface area contributed by atoms with Crippen LogP contribution in [0.1, 0.15) is 46.1 Å². The molecule has 3 unspecified atom stereocenters. The molecule has 1 aromatic rings. The van der Waals surface area contributed by atoms with Crippen molar-refractivity contribution in [1.82, 2.24) is 0 Å². The predicted octanol–water partition coefficient (Wildman–Crippen LogP) is 3.28. The number of ether oxygens (including phenoxy) is 2.